The van der Waals surface area contributed by atoms with Crippen molar-refractivity contribution in [2.45, 2.75) is 19.8 Å². The predicted octanol–water partition coefficient (Wildman–Crippen LogP) is 2.53. The van der Waals surface area contributed by atoms with E-state index in [0.29, 0.717) is 0 Å². The van der Waals surface area contributed by atoms with Crippen molar-refractivity contribution in [3.8, 4) is 11.6 Å². The van der Waals surface area contributed by atoms with Crippen LogP contribution in [-0.4, -0.2) is 14.9 Å². The fraction of sp³-hybridized carbons (Fsp3) is 0.250. The van der Waals surface area contributed by atoms with Gasteiger partial charge < -0.3 is 5.11 Å². The van der Waals surface area contributed by atoms with E-state index in [2.05, 4.69) is 12.0 Å². The fourth-order valence-electron chi connectivity index (χ4n) is 1.56. The molecule has 0 aliphatic rings. The fourth-order valence-corrected chi connectivity index (χ4v) is 1.56. The molecule has 0 spiro atoms. The van der Waals surface area contributed by atoms with Crippen LogP contribution >= 0.6 is 0 Å². The van der Waals surface area contributed by atoms with E-state index in [0.717, 1.165) is 24.1 Å². The third-order valence-corrected chi connectivity index (χ3v) is 2.31. The maximum atomic E-state index is 9.59. The van der Waals surface area contributed by atoms with Crippen LogP contribution < -0.4 is 0 Å². The minimum absolute atomic E-state index is 0.140. The van der Waals surface area contributed by atoms with Crippen molar-refractivity contribution in [3.05, 3.63) is 42.1 Å². The monoisotopic (exact) mass is 202 g/mol. The standard InChI is InChI=1S/C12H14N2O/c1-2-6-10-9-14(13-12(10)15)11-7-4-3-5-8-11/h3-5,7-9H,2,6H2,1H3,(H,13,15). The van der Waals surface area contributed by atoms with Crippen LogP contribution in [0.5, 0.6) is 5.88 Å². The summed E-state index contributed by atoms with van der Waals surface area (Å²) >= 11 is 0. The Morgan fingerprint density at radius 1 is 1.27 bits per heavy atom. The van der Waals surface area contributed by atoms with Crippen LogP contribution in [0.2, 0.25) is 0 Å². The maximum absolute atomic E-state index is 9.59. The molecule has 0 unspecified atom stereocenters. The van der Waals surface area contributed by atoms with Gasteiger partial charge in [0.25, 0.3) is 0 Å². The van der Waals surface area contributed by atoms with Crippen LogP contribution in [0.4, 0.5) is 0 Å². The number of rotatable bonds is 3. The van der Waals surface area contributed by atoms with Gasteiger partial charge in [-0.05, 0) is 18.6 Å². The number of para-hydroxylation sites is 1. The number of hydrogen-bond acceptors (Lipinski definition) is 2. The largest absolute Gasteiger partial charge is 0.492 e. The van der Waals surface area contributed by atoms with Gasteiger partial charge in [-0.25, -0.2) is 4.68 Å². The van der Waals surface area contributed by atoms with E-state index in [9.17, 15) is 5.11 Å². The molecular weight excluding hydrogens is 188 g/mol. The average Bonchev–Trinajstić information content (AvgIpc) is 2.63. The van der Waals surface area contributed by atoms with Crippen molar-refractivity contribution < 1.29 is 5.11 Å². The number of hydrogen-bond donors (Lipinski definition) is 1. The highest BCUT2D eigenvalue weighted by molar-refractivity contribution is 5.34. The first kappa shape index (κ1) is 9.77. The summed E-state index contributed by atoms with van der Waals surface area (Å²) in [6, 6.07) is 9.78. The Bertz CT molecular complexity index is 434. The predicted molar refractivity (Wildman–Crippen MR) is 59.2 cm³/mol. The second kappa shape index (κ2) is 4.17. The lowest BCUT2D eigenvalue weighted by Crippen LogP contribution is -1.92. The van der Waals surface area contributed by atoms with E-state index in [1.807, 2.05) is 36.5 Å². The molecule has 0 atom stereocenters. The third kappa shape index (κ3) is 2.01. The van der Waals surface area contributed by atoms with E-state index in [4.69, 9.17) is 0 Å². The van der Waals surface area contributed by atoms with E-state index in [1.54, 1.807) is 4.68 Å². The lowest BCUT2D eigenvalue weighted by atomic mass is 10.2. The summed E-state index contributed by atoms with van der Waals surface area (Å²) in [4.78, 5) is 0. The van der Waals surface area contributed by atoms with Crippen LogP contribution in [0.15, 0.2) is 36.5 Å². The zero-order valence-electron chi connectivity index (χ0n) is 8.72. The summed E-state index contributed by atoms with van der Waals surface area (Å²) in [5.74, 6) is 0.140. The van der Waals surface area contributed by atoms with Gasteiger partial charge in [0.1, 0.15) is 0 Å². The number of aryl methyl sites for hydroxylation is 1. The molecule has 1 N–H and O–H groups in total. The molecule has 0 saturated carbocycles. The minimum Gasteiger partial charge on any atom is -0.492 e. The second-order valence-corrected chi connectivity index (χ2v) is 3.51. The summed E-state index contributed by atoms with van der Waals surface area (Å²) in [5, 5.41) is 13.7. The average molecular weight is 202 g/mol. The first-order valence-corrected chi connectivity index (χ1v) is 5.14. The van der Waals surface area contributed by atoms with Gasteiger partial charge in [-0.2, -0.15) is 0 Å². The molecule has 0 aliphatic heterocycles. The van der Waals surface area contributed by atoms with Crippen molar-refractivity contribution in [2.75, 3.05) is 0 Å². The highest BCUT2D eigenvalue weighted by Gasteiger charge is 2.06. The van der Waals surface area contributed by atoms with Crippen LogP contribution in [0.25, 0.3) is 5.69 Å². The summed E-state index contributed by atoms with van der Waals surface area (Å²) in [7, 11) is 0. The number of aromatic nitrogens is 2. The summed E-state index contributed by atoms with van der Waals surface area (Å²) in [6.07, 6.45) is 3.75. The van der Waals surface area contributed by atoms with E-state index in [1.165, 1.54) is 0 Å². The molecule has 78 valence electrons. The quantitative estimate of drug-likeness (QED) is 0.830. The number of benzene rings is 1. The van der Waals surface area contributed by atoms with Gasteiger partial charge >= 0.3 is 0 Å². The van der Waals surface area contributed by atoms with Crippen LogP contribution in [0, 0.1) is 0 Å². The lowest BCUT2D eigenvalue weighted by Gasteiger charge is -1.98. The van der Waals surface area contributed by atoms with Crippen molar-refractivity contribution >= 4 is 0 Å². The molecule has 1 heterocycles. The molecule has 2 aromatic rings. The molecule has 1 aromatic heterocycles. The molecule has 0 aliphatic carbocycles. The van der Waals surface area contributed by atoms with Gasteiger partial charge in [-0.3, -0.25) is 0 Å². The third-order valence-electron chi connectivity index (χ3n) is 2.31. The molecule has 0 radical (unpaired) electrons. The molecule has 0 fully saturated rings. The van der Waals surface area contributed by atoms with E-state index >= 15 is 0 Å². The van der Waals surface area contributed by atoms with Gasteiger partial charge in [0, 0.05) is 11.8 Å². The summed E-state index contributed by atoms with van der Waals surface area (Å²) < 4.78 is 1.71. The lowest BCUT2D eigenvalue weighted by molar-refractivity contribution is 0.442. The van der Waals surface area contributed by atoms with Crippen LogP contribution in [-0.2, 0) is 6.42 Å². The Balaban J connectivity index is 2.34. The molecular formula is C12H14N2O. The Morgan fingerprint density at radius 2 is 2.00 bits per heavy atom. The van der Waals surface area contributed by atoms with Crippen molar-refractivity contribution in [2.24, 2.45) is 0 Å². The zero-order valence-corrected chi connectivity index (χ0v) is 8.72. The van der Waals surface area contributed by atoms with Gasteiger partial charge in [0.15, 0.2) is 0 Å². The van der Waals surface area contributed by atoms with Crippen LogP contribution in [0.3, 0.4) is 0 Å². The number of aromatic hydroxyl groups is 1. The number of nitrogens with zero attached hydrogens (tertiary/aromatic N) is 2. The maximum Gasteiger partial charge on any atom is 0.233 e. The van der Waals surface area contributed by atoms with Crippen molar-refractivity contribution in [1.82, 2.24) is 9.78 Å². The highest BCUT2D eigenvalue weighted by atomic mass is 16.3. The van der Waals surface area contributed by atoms with E-state index in [-0.39, 0.29) is 5.88 Å². The summed E-state index contributed by atoms with van der Waals surface area (Å²) in [5.41, 5.74) is 1.87. The van der Waals surface area contributed by atoms with Gasteiger partial charge in [-0.1, -0.05) is 31.5 Å². The molecule has 3 heteroatoms. The van der Waals surface area contributed by atoms with Crippen molar-refractivity contribution in [1.29, 1.82) is 0 Å². The SMILES string of the molecule is CCCc1cn(-c2ccccc2)nc1O. The van der Waals surface area contributed by atoms with Gasteiger partial charge in [0.2, 0.25) is 5.88 Å². The first-order valence-electron chi connectivity index (χ1n) is 5.14. The topological polar surface area (TPSA) is 38.0 Å². The first-order chi connectivity index (χ1) is 7.31. The Labute approximate surface area is 89.0 Å². The van der Waals surface area contributed by atoms with Gasteiger partial charge in [0.05, 0.1) is 5.69 Å². The zero-order chi connectivity index (χ0) is 10.7. The molecule has 15 heavy (non-hydrogen) atoms. The normalized spacial score (nSPS) is 10.5. The molecule has 2 rings (SSSR count). The molecule has 1 aromatic carbocycles. The Hall–Kier alpha value is -1.77. The second-order valence-electron chi connectivity index (χ2n) is 3.51. The molecule has 0 amide bonds. The van der Waals surface area contributed by atoms with E-state index < -0.39 is 0 Å². The van der Waals surface area contributed by atoms with Crippen molar-refractivity contribution in [3.63, 3.8) is 0 Å². The highest BCUT2D eigenvalue weighted by Crippen LogP contribution is 2.18. The Morgan fingerprint density at radius 3 is 2.67 bits per heavy atom. The molecule has 0 saturated heterocycles. The van der Waals surface area contributed by atoms with Crippen LogP contribution in [0.1, 0.15) is 18.9 Å². The summed E-state index contributed by atoms with van der Waals surface area (Å²) in [6.45, 7) is 2.08. The smallest absolute Gasteiger partial charge is 0.233 e. The molecule has 3 nitrogen and oxygen atoms in total. The van der Waals surface area contributed by atoms with Gasteiger partial charge in [-0.15, -0.1) is 5.10 Å². The Kier molecular flexibility index (Phi) is 2.72. The molecule has 0 bridgehead atoms. The minimum atomic E-state index is 0.140.